The molecule has 0 aliphatic carbocycles. The first-order valence-electron chi connectivity index (χ1n) is 8.56. The van der Waals surface area contributed by atoms with E-state index in [1.807, 2.05) is 39.0 Å². The lowest BCUT2D eigenvalue weighted by molar-refractivity contribution is -0.113. The molecule has 132 valence electrons. The van der Waals surface area contributed by atoms with Crippen LogP contribution in [0.4, 0.5) is 5.69 Å². The molecule has 0 radical (unpaired) electrons. The Morgan fingerprint density at radius 1 is 1.27 bits per heavy atom. The number of carbonyl (C=O) groups excluding carboxylic acids is 1. The second-order valence-electron chi connectivity index (χ2n) is 6.63. The largest absolute Gasteiger partial charge is 0.475 e. The summed E-state index contributed by atoms with van der Waals surface area (Å²) in [5.41, 5.74) is 4.75. The zero-order valence-electron chi connectivity index (χ0n) is 15.3. The number of hydrogen-bond donors (Lipinski definition) is 1. The number of nitriles is 1. The van der Waals surface area contributed by atoms with E-state index in [9.17, 15) is 4.79 Å². The summed E-state index contributed by atoms with van der Waals surface area (Å²) >= 11 is 0. The van der Waals surface area contributed by atoms with Gasteiger partial charge in [-0.1, -0.05) is 12.1 Å². The van der Waals surface area contributed by atoms with Gasteiger partial charge >= 0.3 is 0 Å². The number of nitrogens with one attached hydrogen (secondary N) is 1. The van der Waals surface area contributed by atoms with E-state index in [2.05, 4.69) is 16.4 Å². The molecule has 1 atom stereocenters. The zero-order chi connectivity index (χ0) is 18.8. The molecule has 1 aliphatic rings. The minimum Gasteiger partial charge on any atom is -0.475 e. The second kappa shape index (κ2) is 7.01. The summed E-state index contributed by atoms with van der Waals surface area (Å²) in [6.45, 7) is 7.36. The van der Waals surface area contributed by atoms with Crippen molar-refractivity contribution >= 4 is 11.5 Å². The lowest BCUT2D eigenvalue weighted by Gasteiger charge is -2.31. The molecule has 1 aromatic carbocycles. The number of nitrogens with zero attached hydrogens (tertiary/aromatic N) is 2. The van der Waals surface area contributed by atoms with Crippen molar-refractivity contribution in [3.05, 3.63) is 64.5 Å². The Hall–Kier alpha value is -3.13. The molecular weight excluding hydrogens is 326 g/mol. The monoisotopic (exact) mass is 347 g/mol. The summed E-state index contributed by atoms with van der Waals surface area (Å²) in [6, 6.07) is 11.3. The molecule has 3 rings (SSSR count). The fourth-order valence-corrected chi connectivity index (χ4v) is 3.34. The third-order valence-electron chi connectivity index (χ3n) is 4.36. The highest BCUT2D eigenvalue weighted by Gasteiger charge is 2.34. The highest BCUT2D eigenvalue weighted by atomic mass is 16.5. The predicted octanol–water partition coefficient (Wildman–Crippen LogP) is 4.16. The average Bonchev–Trinajstić information content (AvgIpc) is 2.60. The van der Waals surface area contributed by atoms with Gasteiger partial charge in [0.2, 0.25) is 5.88 Å². The molecule has 5 nitrogen and oxygen atoms in total. The van der Waals surface area contributed by atoms with Crippen LogP contribution >= 0.6 is 0 Å². The fourth-order valence-electron chi connectivity index (χ4n) is 3.34. The van der Waals surface area contributed by atoms with Crippen molar-refractivity contribution in [1.82, 2.24) is 4.98 Å². The van der Waals surface area contributed by atoms with Crippen LogP contribution in [0.15, 0.2) is 47.8 Å². The number of allylic oxidation sites excluding steroid dienone is 2. The number of carbonyl (C=O) groups is 1. The molecule has 0 saturated carbocycles. The number of benzene rings is 1. The first kappa shape index (κ1) is 17.7. The van der Waals surface area contributed by atoms with Crippen molar-refractivity contribution in [2.45, 2.75) is 39.7 Å². The number of aromatic nitrogens is 1. The van der Waals surface area contributed by atoms with Crippen LogP contribution < -0.4 is 10.1 Å². The summed E-state index contributed by atoms with van der Waals surface area (Å²) in [5.74, 6) is 0.221. The fraction of sp³-hybridized carbons (Fsp3) is 0.286. The van der Waals surface area contributed by atoms with Crippen LogP contribution in [0.3, 0.4) is 0 Å². The average molecular weight is 347 g/mol. The minimum absolute atomic E-state index is 0.00522. The third kappa shape index (κ3) is 3.18. The first-order valence-corrected chi connectivity index (χ1v) is 8.56. The quantitative estimate of drug-likeness (QED) is 0.899. The highest BCUT2D eigenvalue weighted by Crippen LogP contribution is 2.45. The van der Waals surface area contributed by atoms with Crippen LogP contribution in [-0.2, 0) is 4.79 Å². The second-order valence-corrected chi connectivity index (χ2v) is 6.63. The Morgan fingerprint density at radius 2 is 1.96 bits per heavy atom. The minimum atomic E-state index is -0.293. The van der Waals surface area contributed by atoms with Gasteiger partial charge in [0.15, 0.2) is 5.78 Å². The molecule has 1 unspecified atom stereocenters. The van der Waals surface area contributed by atoms with Gasteiger partial charge in [-0.25, -0.2) is 4.98 Å². The van der Waals surface area contributed by atoms with Gasteiger partial charge in [0.1, 0.15) is 0 Å². The van der Waals surface area contributed by atoms with E-state index >= 15 is 0 Å². The van der Waals surface area contributed by atoms with E-state index in [1.165, 1.54) is 0 Å². The molecule has 0 fully saturated rings. The van der Waals surface area contributed by atoms with Crippen molar-refractivity contribution in [2.24, 2.45) is 0 Å². The van der Waals surface area contributed by atoms with E-state index in [-0.39, 0.29) is 17.8 Å². The van der Waals surface area contributed by atoms with Gasteiger partial charge in [-0.3, -0.25) is 4.79 Å². The van der Waals surface area contributed by atoms with Gasteiger partial charge in [-0.15, -0.1) is 0 Å². The van der Waals surface area contributed by atoms with E-state index in [1.54, 1.807) is 25.3 Å². The zero-order valence-corrected chi connectivity index (χ0v) is 15.3. The van der Waals surface area contributed by atoms with Gasteiger partial charge in [-0.05, 0) is 51.5 Å². The Kier molecular flexibility index (Phi) is 4.77. The van der Waals surface area contributed by atoms with Crippen LogP contribution in [0.5, 0.6) is 5.88 Å². The first-order chi connectivity index (χ1) is 12.4. The molecule has 0 spiro atoms. The number of fused-ring (bicyclic) bond motifs is 1. The molecular formula is C21H21N3O2. The Bertz CT molecular complexity index is 921. The number of Topliss-reactive ketones (excluding diaryl/α,β-unsaturated/α-hetero) is 1. The highest BCUT2D eigenvalue weighted by molar-refractivity contribution is 5.98. The van der Waals surface area contributed by atoms with E-state index in [0.29, 0.717) is 17.0 Å². The molecule has 1 aliphatic heterocycles. The van der Waals surface area contributed by atoms with Crippen molar-refractivity contribution < 1.29 is 9.53 Å². The van der Waals surface area contributed by atoms with Gasteiger partial charge in [0.25, 0.3) is 0 Å². The standard InChI is InChI=1S/C21H21N3O2/c1-12(2)26-21-20-17(9-10-23-21)24-13(3)18(14(4)25)19(20)16-7-5-15(11-22)6-8-16/h5-10,12,19,24H,1-4H3. The summed E-state index contributed by atoms with van der Waals surface area (Å²) in [6.07, 6.45) is 1.66. The van der Waals surface area contributed by atoms with Gasteiger partial charge in [0, 0.05) is 34.6 Å². The summed E-state index contributed by atoms with van der Waals surface area (Å²) in [5, 5.41) is 12.4. The number of ketones is 1. The van der Waals surface area contributed by atoms with Crippen LogP contribution in [-0.4, -0.2) is 16.9 Å². The summed E-state index contributed by atoms with van der Waals surface area (Å²) < 4.78 is 5.94. The predicted molar refractivity (Wildman–Crippen MR) is 100 cm³/mol. The van der Waals surface area contributed by atoms with Gasteiger partial charge in [-0.2, -0.15) is 5.26 Å². The van der Waals surface area contributed by atoms with Crippen LogP contribution in [0, 0.1) is 11.3 Å². The lowest BCUT2D eigenvalue weighted by Crippen LogP contribution is -2.23. The van der Waals surface area contributed by atoms with Crippen molar-refractivity contribution in [2.75, 3.05) is 5.32 Å². The maximum absolute atomic E-state index is 12.4. The van der Waals surface area contributed by atoms with E-state index in [0.717, 1.165) is 22.5 Å². The Balaban J connectivity index is 2.24. The van der Waals surface area contributed by atoms with Gasteiger partial charge in [0.05, 0.1) is 17.7 Å². The normalized spacial score (nSPS) is 15.9. The molecule has 2 heterocycles. The van der Waals surface area contributed by atoms with Crippen LogP contribution in [0.2, 0.25) is 0 Å². The molecule has 0 saturated heterocycles. The maximum atomic E-state index is 12.4. The number of pyridine rings is 1. The molecule has 0 bridgehead atoms. The van der Waals surface area contributed by atoms with Crippen molar-refractivity contribution in [3.8, 4) is 11.9 Å². The van der Waals surface area contributed by atoms with Crippen LogP contribution in [0.25, 0.3) is 0 Å². The van der Waals surface area contributed by atoms with Crippen molar-refractivity contribution in [1.29, 1.82) is 5.26 Å². The Labute approximate surface area is 153 Å². The molecule has 26 heavy (non-hydrogen) atoms. The number of rotatable bonds is 4. The van der Waals surface area contributed by atoms with E-state index in [4.69, 9.17) is 10.00 Å². The number of ether oxygens (including phenoxy) is 1. The third-order valence-corrected chi connectivity index (χ3v) is 4.36. The smallest absolute Gasteiger partial charge is 0.219 e. The SMILES string of the molecule is CC(=O)C1=C(C)Nc2ccnc(OC(C)C)c2C1c1ccc(C#N)cc1. The van der Waals surface area contributed by atoms with E-state index < -0.39 is 0 Å². The molecule has 0 amide bonds. The maximum Gasteiger partial charge on any atom is 0.219 e. The molecule has 5 heteroatoms. The van der Waals surface area contributed by atoms with Gasteiger partial charge < -0.3 is 10.1 Å². The molecule has 1 N–H and O–H groups in total. The molecule has 2 aromatic rings. The topological polar surface area (TPSA) is 75.0 Å². The number of hydrogen-bond acceptors (Lipinski definition) is 5. The van der Waals surface area contributed by atoms with Crippen molar-refractivity contribution in [3.63, 3.8) is 0 Å². The Morgan fingerprint density at radius 3 is 2.54 bits per heavy atom. The summed E-state index contributed by atoms with van der Waals surface area (Å²) in [4.78, 5) is 16.9. The lowest BCUT2D eigenvalue weighted by atomic mass is 9.79. The van der Waals surface area contributed by atoms with Crippen LogP contribution in [0.1, 0.15) is 50.3 Å². The summed E-state index contributed by atoms with van der Waals surface area (Å²) in [7, 11) is 0. The molecule has 1 aromatic heterocycles. The number of anilines is 1.